The molecule has 1 saturated carbocycles. The molecule has 0 amide bonds. The van der Waals surface area contributed by atoms with E-state index in [0.29, 0.717) is 25.0 Å². The Kier molecular flexibility index (Phi) is 9.42. The molecule has 1 aliphatic rings. The van der Waals surface area contributed by atoms with E-state index < -0.39 is 5.83 Å². The van der Waals surface area contributed by atoms with Crippen molar-refractivity contribution in [2.45, 2.75) is 83.8 Å². The molecule has 0 N–H and O–H groups in total. The van der Waals surface area contributed by atoms with Gasteiger partial charge in [-0.15, -0.1) is 0 Å². The molecule has 2 rings (SSSR count). The summed E-state index contributed by atoms with van der Waals surface area (Å²) in [5, 5.41) is 8.41. The third kappa shape index (κ3) is 7.70. The standard InChI is InChI=1S/C23H32FNO/c1-2-3-4-6-19-9-11-21(12-10-19)18-26-23-15-13-20(14-16-23)7-5-8-22(24)17-25/h8-12,20,23H,2-7,13-16,18H2,1H3/t20-,23-. The third-order valence-corrected chi connectivity index (χ3v) is 5.38. The highest BCUT2D eigenvalue weighted by Crippen LogP contribution is 2.30. The summed E-state index contributed by atoms with van der Waals surface area (Å²) in [6.45, 7) is 2.93. The fourth-order valence-electron chi connectivity index (χ4n) is 3.67. The monoisotopic (exact) mass is 357 g/mol. The Morgan fingerprint density at radius 3 is 2.50 bits per heavy atom. The van der Waals surface area contributed by atoms with Gasteiger partial charge in [-0.25, -0.2) is 0 Å². The second-order valence-corrected chi connectivity index (χ2v) is 7.47. The van der Waals surface area contributed by atoms with Gasteiger partial charge in [0.1, 0.15) is 6.07 Å². The van der Waals surface area contributed by atoms with E-state index in [0.717, 1.165) is 32.1 Å². The first-order chi connectivity index (χ1) is 12.7. The van der Waals surface area contributed by atoms with E-state index in [-0.39, 0.29) is 0 Å². The Morgan fingerprint density at radius 2 is 1.85 bits per heavy atom. The number of aryl methyl sites for hydroxylation is 1. The lowest BCUT2D eigenvalue weighted by Gasteiger charge is -2.28. The van der Waals surface area contributed by atoms with Crippen molar-refractivity contribution in [2.75, 3.05) is 0 Å². The van der Waals surface area contributed by atoms with Crippen LogP contribution in [0, 0.1) is 17.2 Å². The van der Waals surface area contributed by atoms with Gasteiger partial charge in [-0.05, 0) is 74.5 Å². The lowest BCUT2D eigenvalue weighted by molar-refractivity contribution is 0.00645. The van der Waals surface area contributed by atoms with Crippen LogP contribution in [0.25, 0.3) is 0 Å². The molecule has 0 aliphatic heterocycles. The molecule has 0 radical (unpaired) electrons. The molecule has 142 valence electrons. The summed E-state index contributed by atoms with van der Waals surface area (Å²) in [6, 6.07) is 10.4. The maximum absolute atomic E-state index is 12.8. The number of hydrogen-bond donors (Lipinski definition) is 0. The van der Waals surface area contributed by atoms with E-state index in [1.165, 1.54) is 49.0 Å². The summed E-state index contributed by atoms with van der Waals surface area (Å²) in [5.41, 5.74) is 2.67. The van der Waals surface area contributed by atoms with Gasteiger partial charge in [0.2, 0.25) is 0 Å². The summed E-state index contributed by atoms with van der Waals surface area (Å²) >= 11 is 0. The van der Waals surface area contributed by atoms with Gasteiger partial charge in [-0.3, -0.25) is 0 Å². The summed E-state index contributed by atoms with van der Waals surface area (Å²) in [5.74, 6) is -0.0154. The maximum Gasteiger partial charge on any atom is 0.196 e. The van der Waals surface area contributed by atoms with Gasteiger partial charge in [-0.2, -0.15) is 9.65 Å². The Morgan fingerprint density at radius 1 is 1.15 bits per heavy atom. The molecule has 1 aromatic carbocycles. The average molecular weight is 358 g/mol. The summed E-state index contributed by atoms with van der Waals surface area (Å²) < 4.78 is 18.9. The van der Waals surface area contributed by atoms with Crippen molar-refractivity contribution in [3.05, 3.63) is 47.3 Å². The Labute approximate surface area is 158 Å². The van der Waals surface area contributed by atoms with Gasteiger partial charge in [0.15, 0.2) is 5.83 Å². The number of rotatable bonds is 10. The van der Waals surface area contributed by atoms with Crippen LogP contribution in [0.5, 0.6) is 0 Å². The van der Waals surface area contributed by atoms with Crippen LogP contribution in [-0.4, -0.2) is 6.10 Å². The number of nitriles is 1. The molecule has 1 aliphatic carbocycles. The van der Waals surface area contributed by atoms with Crippen molar-refractivity contribution < 1.29 is 9.13 Å². The van der Waals surface area contributed by atoms with E-state index in [1.807, 2.05) is 0 Å². The lowest BCUT2D eigenvalue weighted by Crippen LogP contribution is -2.21. The Balaban J connectivity index is 1.63. The number of hydrogen-bond acceptors (Lipinski definition) is 2. The van der Waals surface area contributed by atoms with Crippen LogP contribution >= 0.6 is 0 Å². The third-order valence-electron chi connectivity index (χ3n) is 5.38. The number of allylic oxidation sites excluding steroid dienone is 2. The fraction of sp³-hybridized carbons (Fsp3) is 0.609. The highest BCUT2D eigenvalue weighted by Gasteiger charge is 2.21. The molecule has 0 bridgehead atoms. The van der Waals surface area contributed by atoms with Gasteiger partial charge in [0.05, 0.1) is 12.7 Å². The molecule has 0 aromatic heterocycles. The number of nitrogens with zero attached hydrogens (tertiary/aromatic N) is 1. The average Bonchev–Trinajstić information content (AvgIpc) is 2.68. The summed E-state index contributed by atoms with van der Waals surface area (Å²) in [6.07, 6.45) is 12.9. The van der Waals surface area contributed by atoms with Crippen molar-refractivity contribution in [1.82, 2.24) is 0 Å². The van der Waals surface area contributed by atoms with Gasteiger partial charge in [-0.1, -0.05) is 44.0 Å². The fourth-order valence-corrected chi connectivity index (χ4v) is 3.67. The summed E-state index contributed by atoms with van der Waals surface area (Å²) in [4.78, 5) is 0. The first-order valence-corrected chi connectivity index (χ1v) is 10.2. The first-order valence-electron chi connectivity index (χ1n) is 10.2. The first kappa shape index (κ1) is 20.6. The van der Waals surface area contributed by atoms with Crippen molar-refractivity contribution in [3.63, 3.8) is 0 Å². The molecule has 0 atom stereocenters. The van der Waals surface area contributed by atoms with Crippen LogP contribution in [0.1, 0.15) is 75.8 Å². The van der Waals surface area contributed by atoms with Crippen LogP contribution in [-0.2, 0) is 17.8 Å². The summed E-state index contributed by atoms with van der Waals surface area (Å²) in [7, 11) is 0. The van der Waals surface area contributed by atoms with Gasteiger partial charge in [0.25, 0.3) is 0 Å². The number of benzene rings is 1. The normalized spacial score (nSPS) is 20.7. The predicted molar refractivity (Wildman–Crippen MR) is 104 cm³/mol. The van der Waals surface area contributed by atoms with E-state index in [2.05, 4.69) is 31.2 Å². The minimum absolute atomic E-state index is 0.349. The number of ether oxygens (including phenoxy) is 1. The van der Waals surface area contributed by atoms with Crippen LogP contribution in [0.4, 0.5) is 4.39 Å². The van der Waals surface area contributed by atoms with Crippen molar-refractivity contribution >= 4 is 0 Å². The largest absolute Gasteiger partial charge is 0.374 e. The minimum atomic E-state index is -0.654. The Hall–Kier alpha value is -1.66. The zero-order valence-corrected chi connectivity index (χ0v) is 16.1. The molecule has 0 heterocycles. The molecule has 0 unspecified atom stereocenters. The molecule has 0 spiro atoms. The molecular formula is C23H32FNO. The van der Waals surface area contributed by atoms with E-state index >= 15 is 0 Å². The van der Waals surface area contributed by atoms with Crippen LogP contribution in [0.3, 0.4) is 0 Å². The zero-order valence-electron chi connectivity index (χ0n) is 16.1. The molecular weight excluding hydrogens is 325 g/mol. The molecule has 1 fully saturated rings. The quantitative estimate of drug-likeness (QED) is 0.347. The van der Waals surface area contributed by atoms with E-state index in [1.54, 1.807) is 0 Å². The second-order valence-electron chi connectivity index (χ2n) is 7.47. The van der Waals surface area contributed by atoms with Crippen LogP contribution < -0.4 is 0 Å². The highest BCUT2D eigenvalue weighted by molar-refractivity contribution is 5.22. The number of halogens is 1. The second kappa shape index (κ2) is 11.9. The van der Waals surface area contributed by atoms with Gasteiger partial charge in [0, 0.05) is 0 Å². The van der Waals surface area contributed by atoms with E-state index in [4.69, 9.17) is 10.00 Å². The van der Waals surface area contributed by atoms with Crippen molar-refractivity contribution in [3.8, 4) is 6.07 Å². The predicted octanol–water partition coefficient (Wildman–Crippen LogP) is 6.65. The van der Waals surface area contributed by atoms with Gasteiger partial charge >= 0.3 is 0 Å². The van der Waals surface area contributed by atoms with E-state index in [9.17, 15) is 4.39 Å². The van der Waals surface area contributed by atoms with Crippen molar-refractivity contribution in [1.29, 1.82) is 5.26 Å². The maximum atomic E-state index is 12.8. The molecule has 2 nitrogen and oxygen atoms in total. The van der Waals surface area contributed by atoms with Crippen LogP contribution in [0.2, 0.25) is 0 Å². The Bertz CT molecular complexity index is 579. The molecule has 3 heteroatoms. The zero-order chi connectivity index (χ0) is 18.6. The lowest BCUT2D eigenvalue weighted by atomic mass is 9.84. The topological polar surface area (TPSA) is 33.0 Å². The number of unbranched alkanes of at least 4 members (excludes halogenated alkanes) is 2. The molecule has 26 heavy (non-hydrogen) atoms. The molecule has 1 aromatic rings. The molecule has 0 saturated heterocycles. The van der Waals surface area contributed by atoms with Gasteiger partial charge < -0.3 is 4.74 Å². The van der Waals surface area contributed by atoms with Crippen LogP contribution in [0.15, 0.2) is 36.2 Å². The SMILES string of the molecule is CCCCCc1ccc(CO[C@H]2CC[C@H](CCC=C(F)C#N)CC2)cc1. The highest BCUT2D eigenvalue weighted by atomic mass is 19.1. The van der Waals surface area contributed by atoms with Crippen molar-refractivity contribution in [2.24, 2.45) is 5.92 Å². The smallest absolute Gasteiger partial charge is 0.196 e. The minimum Gasteiger partial charge on any atom is -0.374 e.